The maximum atomic E-state index is 12.8. The van der Waals surface area contributed by atoms with Crippen molar-refractivity contribution in [3.05, 3.63) is 104 Å². The summed E-state index contributed by atoms with van der Waals surface area (Å²) in [6, 6.07) is 22.1. The van der Waals surface area contributed by atoms with E-state index in [1.54, 1.807) is 6.07 Å². The first-order chi connectivity index (χ1) is 16.9. The van der Waals surface area contributed by atoms with Gasteiger partial charge in [0.25, 0.3) is 5.91 Å². The summed E-state index contributed by atoms with van der Waals surface area (Å²) in [5.74, 6) is -0.0744. The Morgan fingerprint density at radius 2 is 1.86 bits per heavy atom. The van der Waals surface area contributed by atoms with E-state index >= 15 is 0 Å². The van der Waals surface area contributed by atoms with Gasteiger partial charge >= 0.3 is 0 Å². The van der Waals surface area contributed by atoms with Crippen LogP contribution in [0.2, 0.25) is 10.0 Å². The van der Waals surface area contributed by atoms with Crippen molar-refractivity contribution in [3.8, 4) is 0 Å². The van der Waals surface area contributed by atoms with E-state index in [2.05, 4.69) is 53.3 Å². The summed E-state index contributed by atoms with van der Waals surface area (Å²) >= 11 is 14.1. The fraction of sp³-hybridized carbons (Fsp3) is 0.179. The third-order valence-electron chi connectivity index (χ3n) is 6.29. The lowest BCUT2D eigenvalue weighted by Gasteiger charge is -2.12. The lowest BCUT2D eigenvalue weighted by Crippen LogP contribution is -2.30. The molecule has 1 atom stereocenters. The second-order valence-electron chi connectivity index (χ2n) is 8.51. The largest absolute Gasteiger partial charge is 0.357 e. The maximum absolute atomic E-state index is 12.8. The van der Waals surface area contributed by atoms with Crippen molar-refractivity contribution in [2.45, 2.75) is 32.3 Å². The number of rotatable bonds is 6. The number of carbonyl (C=O) groups excluding carboxylic acids is 1. The number of fused-ring (bicyclic) bond motifs is 1. The molecule has 4 aromatic rings. The zero-order valence-corrected chi connectivity index (χ0v) is 21.8. The third kappa shape index (κ3) is 4.94. The third-order valence-corrected chi connectivity index (χ3v) is 7.90. The van der Waals surface area contributed by atoms with Crippen LogP contribution < -0.4 is 10.6 Å². The molecule has 1 fully saturated rings. The Hall–Kier alpha value is -2.86. The van der Waals surface area contributed by atoms with Gasteiger partial charge in [-0.2, -0.15) is 0 Å². The predicted octanol–water partition coefficient (Wildman–Crippen LogP) is 7.47. The maximum Gasteiger partial charge on any atom is 0.260 e. The number of hydrogen-bond donors (Lipinski definition) is 2. The number of amides is 1. The summed E-state index contributed by atoms with van der Waals surface area (Å²) in [5, 5.41) is 8.79. The molecule has 0 unspecified atom stereocenters. The van der Waals surface area contributed by atoms with Gasteiger partial charge in [-0.1, -0.05) is 78.3 Å². The molecular weight excluding hydrogens is 497 g/mol. The quantitative estimate of drug-likeness (QED) is 0.258. The van der Waals surface area contributed by atoms with Gasteiger partial charge in [-0.15, -0.1) is 0 Å². The first kappa shape index (κ1) is 23.9. The molecule has 0 saturated carbocycles. The van der Waals surface area contributed by atoms with Crippen LogP contribution in [0.15, 0.2) is 71.6 Å². The number of aromatic nitrogens is 1. The van der Waals surface area contributed by atoms with Crippen molar-refractivity contribution in [1.82, 2.24) is 9.88 Å². The molecule has 1 aromatic heterocycles. The van der Waals surface area contributed by atoms with Gasteiger partial charge in [0.2, 0.25) is 0 Å². The minimum atomic E-state index is -0.220. The normalized spacial score (nSPS) is 16.7. The second kappa shape index (κ2) is 10.0. The highest BCUT2D eigenvalue weighted by Crippen LogP contribution is 2.35. The Morgan fingerprint density at radius 1 is 1.09 bits per heavy atom. The van der Waals surface area contributed by atoms with Gasteiger partial charge in [-0.05, 0) is 60.9 Å². The number of nitrogens with one attached hydrogen (secondary N) is 2. The molecular formula is C28H25Cl2N3OS. The molecule has 1 saturated heterocycles. The second-order valence-corrected chi connectivity index (χ2v) is 10.5. The summed E-state index contributed by atoms with van der Waals surface area (Å²) in [5.41, 5.74) is 6.24. The van der Waals surface area contributed by atoms with Crippen molar-refractivity contribution in [2.75, 3.05) is 5.32 Å². The standard InChI is InChI=1S/C28H25Cl2N3OS/c1-3-18-8-12-21(13-9-18)31-28-32-27(34)26(35-28)15-23-17(2)33(25-7-5-4-6-22(23)25)16-19-10-11-20(29)14-24(19)30/h4-15,28,31H,3,16H2,1-2H3,(H,32,34)/b26-15-/t28-/m1/s1. The summed E-state index contributed by atoms with van der Waals surface area (Å²) in [6.07, 6.45) is 3.00. The molecule has 1 amide bonds. The molecule has 2 heterocycles. The van der Waals surface area contributed by atoms with Crippen LogP contribution in [0.4, 0.5) is 5.69 Å². The summed E-state index contributed by atoms with van der Waals surface area (Å²) in [6.45, 7) is 4.83. The summed E-state index contributed by atoms with van der Waals surface area (Å²) in [4.78, 5) is 13.5. The molecule has 0 aliphatic carbocycles. The molecule has 0 spiro atoms. The Morgan fingerprint density at radius 3 is 2.60 bits per heavy atom. The van der Waals surface area contributed by atoms with E-state index in [-0.39, 0.29) is 11.4 Å². The van der Waals surface area contributed by atoms with E-state index in [9.17, 15) is 4.79 Å². The van der Waals surface area contributed by atoms with Crippen LogP contribution in [0.25, 0.3) is 17.0 Å². The molecule has 7 heteroatoms. The van der Waals surface area contributed by atoms with Crippen LogP contribution in [-0.2, 0) is 17.8 Å². The predicted molar refractivity (Wildman–Crippen MR) is 149 cm³/mol. The average molecular weight is 523 g/mol. The fourth-order valence-corrected chi connectivity index (χ4v) is 5.78. The number of benzene rings is 3. The van der Waals surface area contributed by atoms with Gasteiger partial charge in [0.1, 0.15) is 0 Å². The van der Waals surface area contributed by atoms with E-state index in [1.807, 2.05) is 42.5 Å². The highest BCUT2D eigenvalue weighted by molar-refractivity contribution is 8.05. The van der Waals surface area contributed by atoms with Gasteiger partial charge in [-0.3, -0.25) is 4.79 Å². The van der Waals surface area contributed by atoms with Crippen LogP contribution in [0.5, 0.6) is 0 Å². The molecule has 178 valence electrons. The first-order valence-corrected chi connectivity index (χ1v) is 13.1. The molecule has 1 aliphatic heterocycles. The van der Waals surface area contributed by atoms with Crippen molar-refractivity contribution >= 4 is 63.5 Å². The van der Waals surface area contributed by atoms with E-state index in [0.717, 1.165) is 39.8 Å². The number of halogens is 2. The summed E-state index contributed by atoms with van der Waals surface area (Å²) in [7, 11) is 0. The molecule has 3 aromatic carbocycles. The van der Waals surface area contributed by atoms with Crippen LogP contribution >= 0.6 is 35.0 Å². The summed E-state index contributed by atoms with van der Waals surface area (Å²) < 4.78 is 2.24. The fourth-order valence-electron chi connectivity index (χ4n) is 4.35. The van der Waals surface area contributed by atoms with Crippen molar-refractivity contribution in [3.63, 3.8) is 0 Å². The molecule has 5 rings (SSSR count). The van der Waals surface area contributed by atoms with Gasteiger partial charge in [0.15, 0.2) is 5.50 Å². The number of hydrogen-bond acceptors (Lipinski definition) is 3. The van der Waals surface area contributed by atoms with E-state index in [1.165, 1.54) is 17.3 Å². The Bertz CT molecular complexity index is 1440. The van der Waals surface area contributed by atoms with Gasteiger partial charge in [0, 0.05) is 44.4 Å². The first-order valence-electron chi connectivity index (χ1n) is 11.5. The molecule has 1 aliphatic rings. The van der Waals surface area contributed by atoms with Crippen molar-refractivity contribution < 1.29 is 4.79 Å². The molecule has 0 radical (unpaired) electrons. The molecule has 4 nitrogen and oxygen atoms in total. The van der Waals surface area contributed by atoms with E-state index in [4.69, 9.17) is 23.2 Å². The highest BCUT2D eigenvalue weighted by Gasteiger charge is 2.28. The zero-order valence-electron chi connectivity index (χ0n) is 19.4. The molecule has 0 bridgehead atoms. The number of aryl methyl sites for hydroxylation is 1. The minimum absolute atomic E-state index is 0.0744. The van der Waals surface area contributed by atoms with Gasteiger partial charge in [0.05, 0.1) is 4.91 Å². The average Bonchev–Trinajstić information content (AvgIpc) is 3.33. The topological polar surface area (TPSA) is 46.1 Å². The Balaban J connectivity index is 1.45. The minimum Gasteiger partial charge on any atom is -0.357 e. The Kier molecular flexibility index (Phi) is 6.83. The number of nitrogens with zero attached hydrogens (tertiary/aromatic N) is 1. The molecule has 2 N–H and O–H groups in total. The number of carbonyl (C=O) groups is 1. The van der Waals surface area contributed by atoms with Crippen LogP contribution in [0, 0.1) is 6.92 Å². The van der Waals surface area contributed by atoms with E-state index < -0.39 is 0 Å². The Labute approximate surface area is 219 Å². The smallest absolute Gasteiger partial charge is 0.260 e. The van der Waals surface area contributed by atoms with Crippen LogP contribution in [0.1, 0.15) is 29.3 Å². The lowest BCUT2D eigenvalue weighted by atomic mass is 10.1. The number of anilines is 1. The van der Waals surface area contributed by atoms with Crippen molar-refractivity contribution in [2.24, 2.45) is 0 Å². The molecule has 35 heavy (non-hydrogen) atoms. The highest BCUT2D eigenvalue weighted by atomic mass is 35.5. The van der Waals surface area contributed by atoms with E-state index in [0.29, 0.717) is 21.5 Å². The monoisotopic (exact) mass is 521 g/mol. The van der Waals surface area contributed by atoms with Crippen LogP contribution in [-0.4, -0.2) is 16.0 Å². The van der Waals surface area contributed by atoms with Gasteiger partial charge in [-0.25, -0.2) is 0 Å². The van der Waals surface area contributed by atoms with Gasteiger partial charge < -0.3 is 15.2 Å². The zero-order chi connectivity index (χ0) is 24.5. The lowest BCUT2D eigenvalue weighted by molar-refractivity contribution is -0.116. The number of thioether (sulfide) groups is 1. The van der Waals surface area contributed by atoms with Crippen LogP contribution in [0.3, 0.4) is 0 Å². The number of para-hydroxylation sites is 1. The SMILES string of the molecule is CCc1ccc(N[C@@H]2NC(=O)/C(=C/c3c(C)n(Cc4ccc(Cl)cc4Cl)c4ccccc34)S2)cc1. The van der Waals surface area contributed by atoms with Crippen molar-refractivity contribution in [1.29, 1.82) is 0 Å².